The lowest BCUT2D eigenvalue weighted by atomic mass is 10.0. The minimum atomic E-state index is -0.724. The van der Waals surface area contributed by atoms with Crippen molar-refractivity contribution in [1.82, 2.24) is 4.98 Å². The number of nitrogens with one attached hydrogen (secondary N) is 1. The zero-order valence-corrected chi connectivity index (χ0v) is 17.6. The van der Waals surface area contributed by atoms with Crippen LogP contribution in [0.15, 0.2) is 72.1 Å². The van der Waals surface area contributed by atoms with Crippen LogP contribution in [0, 0.1) is 0 Å². The van der Waals surface area contributed by atoms with Crippen molar-refractivity contribution < 1.29 is 23.9 Å². The van der Waals surface area contributed by atoms with E-state index in [2.05, 4.69) is 15.5 Å². The Hall–Kier alpha value is -4.20. The lowest BCUT2D eigenvalue weighted by Crippen LogP contribution is -2.28. The molecule has 1 aliphatic rings. The predicted octanol–water partition coefficient (Wildman–Crippen LogP) is 3.46. The van der Waals surface area contributed by atoms with Crippen molar-refractivity contribution in [2.45, 2.75) is 12.5 Å². The summed E-state index contributed by atoms with van der Waals surface area (Å²) in [7, 11) is 3.05. The summed E-state index contributed by atoms with van der Waals surface area (Å²) in [6.45, 7) is 0. The SMILES string of the molecule is COc1ccc(C(=O)c2ccc(NC(=O)C3CC(c4cccnc4)=NO3)cc2)cc1OC. The van der Waals surface area contributed by atoms with Crippen LogP contribution in [0.5, 0.6) is 11.5 Å². The third kappa shape index (κ3) is 4.44. The van der Waals surface area contributed by atoms with E-state index in [9.17, 15) is 9.59 Å². The molecule has 0 saturated carbocycles. The Kier molecular flexibility index (Phi) is 6.12. The van der Waals surface area contributed by atoms with Crippen molar-refractivity contribution in [3.8, 4) is 11.5 Å². The van der Waals surface area contributed by atoms with Crippen LogP contribution in [0.3, 0.4) is 0 Å². The molecule has 1 N–H and O–H groups in total. The number of anilines is 1. The van der Waals surface area contributed by atoms with Crippen LogP contribution in [-0.2, 0) is 9.63 Å². The number of ketones is 1. The zero-order chi connectivity index (χ0) is 22.5. The first-order valence-corrected chi connectivity index (χ1v) is 9.90. The van der Waals surface area contributed by atoms with Gasteiger partial charge in [-0.15, -0.1) is 0 Å². The van der Waals surface area contributed by atoms with E-state index in [0.29, 0.717) is 40.4 Å². The number of ether oxygens (including phenoxy) is 2. The first-order chi connectivity index (χ1) is 15.6. The number of amides is 1. The molecule has 0 spiro atoms. The van der Waals surface area contributed by atoms with Crippen molar-refractivity contribution in [1.29, 1.82) is 0 Å². The van der Waals surface area contributed by atoms with E-state index in [0.717, 1.165) is 5.56 Å². The second-order valence-electron chi connectivity index (χ2n) is 7.04. The third-order valence-corrected chi connectivity index (χ3v) is 5.02. The normalized spacial score (nSPS) is 14.8. The van der Waals surface area contributed by atoms with E-state index in [-0.39, 0.29) is 11.7 Å². The van der Waals surface area contributed by atoms with E-state index in [4.69, 9.17) is 14.3 Å². The molecule has 32 heavy (non-hydrogen) atoms. The van der Waals surface area contributed by atoms with Crippen LogP contribution in [0.25, 0.3) is 0 Å². The highest BCUT2D eigenvalue weighted by Crippen LogP contribution is 2.28. The lowest BCUT2D eigenvalue weighted by Gasteiger charge is -2.11. The number of methoxy groups -OCH3 is 2. The van der Waals surface area contributed by atoms with Gasteiger partial charge in [-0.25, -0.2) is 0 Å². The molecule has 1 unspecified atom stereocenters. The fraction of sp³-hybridized carbons (Fsp3) is 0.167. The Morgan fingerprint density at radius 1 is 1.00 bits per heavy atom. The summed E-state index contributed by atoms with van der Waals surface area (Å²) >= 11 is 0. The molecule has 0 aliphatic carbocycles. The summed E-state index contributed by atoms with van der Waals surface area (Å²) in [6, 6.07) is 15.3. The van der Waals surface area contributed by atoms with Gasteiger partial charge in [0.05, 0.1) is 19.9 Å². The smallest absolute Gasteiger partial charge is 0.268 e. The van der Waals surface area contributed by atoms with E-state index >= 15 is 0 Å². The first-order valence-electron chi connectivity index (χ1n) is 9.90. The number of hydrogen-bond donors (Lipinski definition) is 1. The Morgan fingerprint density at radius 2 is 1.75 bits per heavy atom. The number of hydrogen-bond acceptors (Lipinski definition) is 7. The molecule has 2 aromatic carbocycles. The van der Waals surface area contributed by atoms with E-state index < -0.39 is 6.10 Å². The number of aromatic nitrogens is 1. The number of pyridine rings is 1. The van der Waals surface area contributed by atoms with Crippen LogP contribution in [0.1, 0.15) is 27.9 Å². The summed E-state index contributed by atoms with van der Waals surface area (Å²) in [4.78, 5) is 34.7. The maximum absolute atomic E-state index is 12.8. The quantitative estimate of drug-likeness (QED) is 0.575. The van der Waals surface area contributed by atoms with E-state index in [1.165, 1.54) is 14.2 Å². The largest absolute Gasteiger partial charge is 0.493 e. The number of carbonyl (C=O) groups excluding carboxylic acids is 2. The Balaban J connectivity index is 1.39. The average Bonchev–Trinajstić information content (AvgIpc) is 3.35. The van der Waals surface area contributed by atoms with Crippen LogP contribution in [-0.4, -0.2) is 42.7 Å². The van der Waals surface area contributed by atoms with Gasteiger partial charge in [0.25, 0.3) is 5.91 Å². The molecule has 0 saturated heterocycles. The summed E-state index contributed by atoms with van der Waals surface area (Å²) in [5, 5.41) is 6.79. The van der Waals surface area contributed by atoms with E-state index in [1.807, 2.05) is 6.07 Å². The van der Waals surface area contributed by atoms with Crippen molar-refractivity contribution in [2.24, 2.45) is 5.16 Å². The second-order valence-corrected chi connectivity index (χ2v) is 7.04. The van der Waals surface area contributed by atoms with Crippen molar-refractivity contribution >= 4 is 23.1 Å². The van der Waals surface area contributed by atoms with Gasteiger partial charge in [0.15, 0.2) is 17.3 Å². The molecular weight excluding hydrogens is 410 g/mol. The fourth-order valence-electron chi connectivity index (χ4n) is 3.29. The van der Waals surface area contributed by atoms with Gasteiger partial charge in [-0.3, -0.25) is 14.6 Å². The van der Waals surface area contributed by atoms with Gasteiger partial charge in [0, 0.05) is 41.2 Å². The standard InChI is InChI=1S/C24H21N3O5/c1-30-20-10-7-16(12-21(20)31-2)23(28)15-5-8-18(9-6-15)26-24(29)22-13-19(27-32-22)17-4-3-11-25-14-17/h3-12,14,22H,13H2,1-2H3,(H,26,29). The van der Waals surface area contributed by atoms with Gasteiger partial charge < -0.3 is 19.6 Å². The molecule has 4 rings (SSSR count). The molecule has 1 atom stereocenters. The summed E-state index contributed by atoms with van der Waals surface area (Å²) in [6.07, 6.45) is 2.98. The summed E-state index contributed by atoms with van der Waals surface area (Å²) in [5.41, 5.74) is 3.00. The highest BCUT2D eigenvalue weighted by molar-refractivity contribution is 6.10. The molecule has 8 nitrogen and oxygen atoms in total. The van der Waals surface area contributed by atoms with Crippen LogP contribution in [0.4, 0.5) is 5.69 Å². The predicted molar refractivity (Wildman–Crippen MR) is 118 cm³/mol. The van der Waals surface area contributed by atoms with Gasteiger partial charge in [0.2, 0.25) is 6.10 Å². The van der Waals surface area contributed by atoms with Crippen LogP contribution in [0.2, 0.25) is 0 Å². The number of oxime groups is 1. The Morgan fingerprint density at radius 3 is 2.44 bits per heavy atom. The van der Waals surface area contributed by atoms with Crippen LogP contribution < -0.4 is 14.8 Å². The van der Waals surface area contributed by atoms with Gasteiger partial charge >= 0.3 is 0 Å². The third-order valence-electron chi connectivity index (χ3n) is 5.02. The summed E-state index contributed by atoms with van der Waals surface area (Å²) < 4.78 is 10.5. The monoisotopic (exact) mass is 431 g/mol. The second kappa shape index (κ2) is 9.30. The van der Waals surface area contributed by atoms with Crippen molar-refractivity contribution in [2.75, 3.05) is 19.5 Å². The van der Waals surface area contributed by atoms with Crippen molar-refractivity contribution in [3.05, 3.63) is 83.7 Å². The highest BCUT2D eigenvalue weighted by Gasteiger charge is 2.29. The van der Waals surface area contributed by atoms with Gasteiger partial charge in [-0.2, -0.15) is 0 Å². The molecule has 162 valence electrons. The Labute approximate surface area is 184 Å². The maximum Gasteiger partial charge on any atom is 0.268 e. The lowest BCUT2D eigenvalue weighted by molar-refractivity contribution is -0.125. The van der Waals surface area contributed by atoms with Gasteiger partial charge in [-0.1, -0.05) is 5.16 Å². The average molecular weight is 431 g/mol. The number of rotatable bonds is 7. The zero-order valence-electron chi connectivity index (χ0n) is 17.6. The molecule has 1 aliphatic heterocycles. The van der Waals surface area contributed by atoms with Gasteiger partial charge in [0.1, 0.15) is 0 Å². The molecular formula is C24H21N3O5. The molecule has 3 aromatic rings. The fourth-order valence-corrected chi connectivity index (χ4v) is 3.29. The molecule has 0 fully saturated rings. The Bertz CT molecular complexity index is 1160. The topological polar surface area (TPSA) is 99.1 Å². The molecule has 8 heteroatoms. The molecule has 2 heterocycles. The number of benzene rings is 2. The molecule has 0 bridgehead atoms. The number of carbonyl (C=O) groups is 2. The van der Waals surface area contributed by atoms with Gasteiger partial charge in [-0.05, 0) is 54.6 Å². The summed E-state index contributed by atoms with van der Waals surface area (Å²) in [5.74, 6) is 0.544. The van der Waals surface area contributed by atoms with E-state index in [1.54, 1.807) is 60.9 Å². The minimum Gasteiger partial charge on any atom is -0.493 e. The van der Waals surface area contributed by atoms with Crippen molar-refractivity contribution in [3.63, 3.8) is 0 Å². The van der Waals surface area contributed by atoms with Crippen LogP contribution >= 0.6 is 0 Å². The minimum absolute atomic E-state index is 0.169. The molecule has 1 amide bonds. The first kappa shape index (κ1) is 21.0. The molecule has 1 aromatic heterocycles. The highest BCUT2D eigenvalue weighted by atomic mass is 16.6. The number of nitrogens with zero attached hydrogens (tertiary/aromatic N) is 2. The molecule has 0 radical (unpaired) electrons. The maximum atomic E-state index is 12.8.